The molecular formula is C15H14ClN3O. The molecule has 0 radical (unpaired) electrons. The van der Waals surface area contributed by atoms with Crippen molar-refractivity contribution in [1.82, 2.24) is 15.1 Å². The van der Waals surface area contributed by atoms with Crippen molar-refractivity contribution in [1.29, 1.82) is 0 Å². The van der Waals surface area contributed by atoms with Crippen molar-refractivity contribution in [3.63, 3.8) is 0 Å². The first-order chi connectivity index (χ1) is 9.67. The predicted molar refractivity (Wildman–Crippen MR) is 78.8 cm³/mol. The first kappa shape index (κ1) is 13.1. The van der Waals surface area contributed by atoms with E-state index in [4.69, 9.17) is 16.1 Å². The van der Waals surface area contributed by atoms with Gasteiger partial charge >= 0.3 is 0 Å². The molecule has 5 heteroatoms. The van der Waals surface area contributed by atoms with Gasteiger partial charge in [-0.25, -0.2) is 4.98 Å². The molecule has 102 valence electrons. The van der Waals surface area contributed by atoms with Crippen LogP contribution in [0, 0.1) is 6.92 Å². The summed E-state index contributed by atoms with van der Waals surface area (Å²) >= 11 is 6.24. The third-order valence-corrected chi connectivity index (χ3v) is 3.39. The van der Waals surface area contributed by atoms with Gasteiger partial charge in [0, 0.05) is 11.8 Å². The lowest BCUT2D eigenvalue weighted by Gasteiger charge is -2.03. The molecule has 1 aromatic carbocycles. The second kappa shape index (κ2) is 5.21. The minimum Gasteiger partial charge on any atom is -0.339 e. The van der Waals surface area contributed by atoms with Crippen LogP contribution in [0.25, 0.3) is 22.3 Å². The fraction of sp³-hybridized carbons (Fsp3) is 0.267. The summed E-state index contributed by atoms with van der Waals surface area (Å²) in [4.78, 5) is 8.77. The van der Waals surface area contributed by atoms with E-state index in [0.29, 0.717) is 22.4 Å². The van der Waals surface area contributed by atoms with Crippen LogP contribution in [0.5, 0.6) is 0 Å². The van der Waals surface area contributed by atoms with Crippen molar-refractivity contribution in [2.45, 2.75) is 26.7 Å². The summed E-state index contributed by atoms with van der Waals surface area (Å²) in [6.45, 7) is 4.09. The first-order valence-corrected chi connectivity index (χ1v) is 6.95. The maximum Gasteiger partial charge on any atom is 0.226 e. The minimum atomic E-state index is 0.395. The average Bonchev–Trinajstić information content (AvgIpc) is 2.86. The van der Waals surface area contributed by atoms with Crippen molar-refractivity contribution in [2.75, 3.05) is 0 Å². The zero-order chi connectivity index (χ0) is 14.1. The van der Waals surface area contributed by atoms with Crippen molar-refractivity contribution in [3.05, 3.63) is 40.9 Å². The van der Waals surface area contributed by atoms with Gasteiger partial charge in [0.15, 0.2) is 0 Å². The molecule has 0 N–H and O–H groups in total. The van der Waals surface area contributed by atoms with Crippen LogP contribution >= 0.6 is 11.6 Å². The Bertz CT molecular complexity index is 767. The van der Waals surface area contributed by atoms with Gasteiger partial charge in [-0.3, -0.25) is 0 Å². The molecule has 0 fully saturated rings. The second-order valence-electron chi connectivity index (χ2n) is 4.78. The van der Waals surface area contributed by atoms with Gasteiger partial charge in [0.05, 0.1) is 11.1 Å². The van der Waals surface area contributed by atoms with Crippen molar-refractivity contribution < 1.29 is 4.52 Å². The summed E-state index contributed by atoms with van der Waals surface area (Å²) in [6, 6.07) is 8.01. The summed E-state index contributed by atoms with van der Waals surface area (Å²) < 4.78 is 5.20. The Morgan fingerprint density at radius 1 is 1.20 bits per heavy atom. The number of pyridine rings is 1. The van der Waals surface area contributed by atoms with Gasteiger partial charge in [-0.05, 0) is 31.0 Å². The fourth-order valence-corrected chi connectivity index (χ4v) is 2.32. The van der Waals surface area contributed by atoms with Gasteiger partial charge in [0.1, 0.15) is 5.15 Å². The van der Waals surface area contributed by atoms with Gasteiger partial charge < -0.3 is 4.52 Å². The number of hydrogen-bond donors (Lipinski definition) is 0. The standard InChI is InChI=1S/C15H14ClN3O/c1-3-4-13-18-15(19-20-13)11-8-10-6-5-9(2)7-12(10)17-14(11)16/h5-8H,3-4H2,1-2H3. The summed E-state index contributed by atoms with van der Waals surface area (Å²) in [5.41, 5.74) is 2.73. The van der Waals surface area contributed by atoms with Crippen LogP contribution < -0.4 is 0 Å². The van der Waals surface area contributed by atoms with Crippen LogP contribution in [0.2, 0.25) is 5.15 Å². The lowest BCUT2D eigenvalue weighted by molar-refractivity contribution is 0.378. The largest absolute Gasteiger partial charge is 0.339 e. The van der Waals surface area contributed by atoms with E-state index < -0.39 is 0 Å². The quantitative estimate of drug-likeness (QED) is 0.678. The SMILES string of the molecule is CCCc1nc(-c2cc3ccc(C)cc3nc2Cl)no1. The smallest absolute Gasteiger partial charge is 0.226 e. The number of fused-ring (bicyclic) bond motifs is 1. The Morgan fingerprint density at radius 2 is 2.05 bits per heavy atom. The van der Waals surface area contributed by atoms with E-state index in [2.05, 4.69) is 22.0 Å². The molecule has 2 aromatic heterocycles. The van der Waals surface area contributed by atoms with Crippen molar-refractivity contribution in [3.8, 4) is 11.4 Å². The fourth-order valence-electron chi connectivity index (χ4n) is 2.09. The predicted octanol–water partition coefficient (Wildman–Crippen LogP) is 4.20. The molecule has 0 aliphatic heterocycles. The van der Waals surface area contributed by atoms with Crippen LogP contribution in [0.3, 0.4) is 0 Å². The van der Waals surface area contributed by atoms with Crippen LogP contribution in [0.1, 0.15) is 24.8 Å². The minimum absolute atomic E-state index is 0.395. The van der Waals surface area contributed by atoms with E-state index in [-0.39, 0.29) is 0 Å². The Balaban J connectivity index is 2.10. The summed E-state index contributed by atoms with van der Waals surface area (Å²) in [5, 5.41) is 5.39. The molecule has 0 atom stereocenters. The molecular weight excluding hydrogens is 274 g/mol. The Labute approximate surface area is 121 Å². The summed E-state index contributed by atoms with van der Waals surface area (Å²) in [7, 11) is 0. The highest BCUT2D eigenvalue weighted by atomic mass is 35.5. The van der Waals surface area contributed by atoms with Crippen LogP contribution in [0.15, 0.2) is 28.8 Å². The van der Waals surface area contributed by atoms with Gasteiger partial charge in [0.2, 0.25) is 11.7 Å². The van der Waals surface area contributed by atoms with E-state index in [1.807, 2.05) is 31.2 Å². The number of aryl methyl sites for hydroxylation is 2. The van der Waals surface area contributed by atoms with Crippen molar-refractivity contribution in [2.24, 2.45) is 0 Å². The number of benzene rings is 1. The number of aromatic nitrogens is 3. The Hall–Kier alpha value is -1.94. The topological polar surface area (TPSA) is 51.8 Å². The molecule has 0 saturated heterocycles. The normalized spacial score (nSPS) is 11.2. The summed E-state index contributed by atoms with van der Waals surface area (Å²) in [6.07, 6.45) is 1.73. The Kier molecular flexibility index (Phi) is 3.40. The maximum atomic E-state index is 6.24. The summed E-state index contributed by atoms with van der Waals surface area (Å²) in [5.74, 6) is 1.12. The Morgan fingerprint density at radius 3 is 2.85 bits per heavy atom. The molecule has 0 aliphatic carbocycles. The van der Waals surface area contributed by atoms with Crippen LogP contribution in [-0.4, -0.2) is 15.1 Å². The molecule has 0 aliphatic rings. The van der Waals surface area contributed by atoms with Gasteiger partial charge in [0.25, 0.3) is 0 Å². The third kappa shape index (κ3) is 2.39. The van der Waals surface area contributed by atoms with E-state index in [9.17, 15) is 0 Å². The number of hydrogen-bond acceptors (Lipinski definition) is 4. The lowest BCUT2D eigenvalue weighted by Crippen LogP contribution is -1.89. The molecule has 2 heterocycles. The molecule has 0 spiro atoms. The van der Waals surface area contributed by atoms with Gasteiger partial charge in [-0.15, -0.1) is 0 Å². The molecule has 3 rings (SSSR count). The van der Waals surface area contributed by atoms with Gasteiger partial charge in [-0.2, -0.15) is 4.98 Å². The highest BCUT2D eigenvalue weighted by Gasteiger charge is 2.13. The van der Waals surface area contributed by atoms with E-state index in [0.717, 1.165) is 29.3 Å². The van der Waals surface area contributed by atoms with Gasteiger partial charge in [-0.1, -0.05) is 35.8 Å². The average molecular weight is 288 g/mol. The highest BCUT2D eigenvalue weighted by Crippen LogP contribution is 2.28. The number of nitrogens with zero attached hydrogens (tertiary/aromatic N) is 3. The maximum absolute atomic E-state index is 6.24. The van der Waals surface area contributed by atoms with Crippen LogP contribution in [-0.2, 0) is 6.42 Å². The van der Waals surface area contributed by atoms with Crippen molar-refractivity contribution >= 4 is 22.5 Å². The highest BCUT2D eigenvalue weighted by molar-refractivity contribution is 6.32. The number of halogens is 1. The van der Waals surface area contributed by atoms with E-state index >= 15 is 0 Å². The molecule has 3 aromatic rings. The third-order valence-electron chi connectivity index (χ3n) is 3.10. The zero-order valence-corrected chi connectivity index (χ0v) is 12.1. The lowest BCUT2D eigenvalue weighted by atomic mass is 10.1. The molecule has 0 unspecified atom stereocenters. The molecule has 0 bridgehead atoms. The zero-order valence-electron chi connectivity index (χ0n) is 11.4. The van der Waals surface area contributed by atoms with Crippen LogP contribution in [0.4, 0.5) is 0 Å². The molecule has 4 nitrogen and oxygen atoms in total. The van der Waals surface area contributed by atoms with E-state index in [1.165, 1.54) is 0 Å². The first-order valence-electron chi connectivity index (χ1n) is 6.57. The second-order valence-corrected chi connectivity index (χ2v) is 5.14. The number of rotatable bonds is 3. The molecule has 0 amide bonds. The molecule has 0 saturated carbocycles. The van der Waals surface area contributed by atoms with E-state index in [1.54, 1.807) is 0 Å². The molecule has 20 heavy (non-hydrogen) atoms. The monoisotopic (exact) mass is 287 g/mol.